The van der Waals surface area contributed by atoms with Crippen molar-refractivity contribution in [2.45, 2.75) is 0 Å². The highest BCUT2D eigenvalue weighted by Gasteiger charge is 1.88. The van der Waals surface area contributed by atoms with E-state index in [1.165, 1.54) is 10.3 Å². The van der Waals surface area contributed by atoms with Crippen molar-refractivity contribution in [1.29, 1.82) is 0 Å². The van der Waals surface area contributed by atoms with E-state index in [1.807, 2.05) is 0 Å². The first-order chi connectivity index (χ1) is 3.80. The Morgan fingerprint density at radius 1 is 1.75 bits per heavy atom. The van der Waals surface area contributed by atoms with E-state index >= 15 is 0 Å². The molecule has 4 heteroatoms. The molecule has 0 spiro atoms. The quantitative estimate of drug-likeness (QED) is 0.537. The standard InChI is InChI=1S/C4H6N2OS/c1-8(7)6-3-2-5-4-6/h2-4H,1H3. The molecular formula is C4H6N2OS. The molecular weight excluding hydrogens is 124 g/mol. The molecule has 0 aliphatic rings. The summed E-state index contributed by atoms with van der Waals surface area (Å²) in [6.45, 7) is 0. The van der Waals surface area contributed by atoms with Crippen LogP contribution in [0.5, 0.6) is 0 Å². The Kier molecular flexibility index (Phi) is 1.43. The average molecular weight is 130 g/mol. The van der Waals surface area contributed by atoms with Gasteiger partial charge in [-0.2, -0.15) is 0 Å². The maximum absolute atomic E-state index is 10.5. The summed E-state index contributed by atoms with van der Waals surface area (Å²) < 4.78 is 12.1. The largest absolute Gasteiger partial charge is 0.256 e. The zero-order valence-corrected chi connectivity index (χ0v) is 5.26. The molecule has 0 radical (unpaired) electrons. The number of imidazole rings is 1. The van der Waals surface area contributed by atoms with E-state index in [2.05, 4.69) is 4.98 Å². The molecule has 0 saturated heterocycles. The highest BCUT2D eigenvalue weighted by molar-refractivity contribution is 7.82. The van der Waals surface area contributed by atoms with Crippen LogP contribution in [0.15, 0.2) is 18.7 Å². The van der Waals surface area contributed by atoms with Gasteiger partial charge in [0.25, 0.3) is 0 Å². The maximum atomic E-state index is 10.5. The third kappa shape index (κ3) is 0.949. The van der Waals surface area contributed by atoms with Crippen molar-refractivity contribution >= 4 is 11.0 Å². The van der Waals surface area contributed by atoms with Crippen LogP contribution in [-0.4, -0.2) is 19.4 Å². The summed E-state index contributed by atoms with van der Waals surface area (Å²) in [5.41, 5.74) is 0. The first-order valence-electron chi connectivity index (χ1n) is 2.12. The molecule has 1 aromatic rings. The number of hydrogen-bond donors (Lipinski definition) is 0. The summed E-state index contributed by atoms with van der Waals surface area (Å²) in [6.07, 6.45) is 6.38. The average Bonchev–Trinajstić information content (AvgIpc) is 2.12. The van der Waals surface area contributed by atoms with Gasteiger partial charge in [0.15, 0.2) is 0 Å². The monoisotopic (exact) mass is 130 g/mol. The number of hydrogen-bond acceptors (Lipinski definition) is 2. The highest BCUT2D eigenvalue weighted by Crippen LogP contribution is 1.84. The van der Waals surface area contributed by atoms with E-state index in [9.17, 15) is 4.21 Å². The zero-order valence-electron chi connectivity index (χ0n) is 4.44. The van der Waals surface area contributed by atoms with E-state index in [4.69, 9.17) is 0 Å². The maximum Gasteiger partial charge on any atom is 0.121 e. The number of rotatable bonds is 1. The minimum absolute atomic E-state index is 0.944. The van der Waals surface area contributed by atoms with Gasteiger partial charge in [-0.15, -0.1) is 0 Å². The fourth-order valence-electron chi connectivity index (χ4n) is 0.399. The van der Waals surface area contributed by atoms with E-state index in [-0.39, 0.29) is 0 Å². The molecule has 0 saturated carbocycles. The second kappa shape index (κ2) is 2.09. The van der Waals surface area contributed by atoms with Crippen LogP contribution in [0.1, 0.15) is 0 Å². The Hall–Kier alpha value is -0.640. The van der Waals surface area contributed by atoms with Crippen molar-refractivity contribution in [2.24, 2.45) is 0 Å². The molecule has 1 aromatic heterocycles. The summed E-state index contributed by atoms with van der Waals surface area (Å²) in [5, 5.41) is 0. The summed E-state index contributed by atoms with van der Waals surface area (Å²) >= 11 is 0. The lowest BCUT2D eigenvalue weighted by atomic mass is 11.0. The molecule has 0 aliphatic carbocycles. The molecule has 0 aromatic carbocycles. The fraction of sp³-hybridized carbons (Fsp3) is 0.250. The van der Waals surface area contributed by atoms with Gasteiger partial charge in [0, 0.05) is 18.6 Å². The van der Waals surface area contributed by atoms with E-state index in [0.29, 0.717) is 0 Å². The van der Waals surface area contributed by atoms with E-state index < -0.39 is 11.0 Å². The number of aromatic nitrogens is 2. The predicted molar refractivity (Wildman–Crippen MR) is 31.7 cm³/mol. The van der Waals surface area contributed by atoms with Crippen molar-refractivity contribution in [2.75, 3.05) is 6.26 Å². The molecule has 1 unspecified atom stereocenters. The normalized spacial score (nSPS) is 13.6. The SMILES string of the molecule is CS(=O)n1ccnc1. The molecule has 0 bridgehead atoms. The number of nitrogens with zero attached hydrogens (tertiary/aromatic N) is 2. The van der Waals surface area contributed by atoms with E-state index in [0.717, 1.165) is 0 Å². The molecule has 1 heterocycles. The van der Waals surface area contributed by atoms with E-state index in [1.54, 1.807) is 18.6 Å². The molecule has 44 valence electrons. The third-order valence-electron chi connectivity index (χ3n) is 0.777. The fourth-order valence-corrected chi connectivity index (χ4v) is 0.812. The van der Waals surface area contributed by atoms with Gasteiger partial charge >= 0.3 is 0 Å². The third-order valence-corrected chi connectivity index (χ3v) is 1.59. The molecule has 0 amide bonds. The topological polar surface area (TPSA) is 34.9 Å². The van der Waals surface area contributed by atoms with Crippen LogP contribution < -0.4 is 0 Å². The summed E-state index contributed by atoms with van der Waals surface area (Å²) in [7, 11) is -0.944. The van der Waals surface area contributed by atoms with Crippen LogP contribution in [0.2, 0.25) is 0 Å². The van der Waals surface area contributed by atoms with Gasteiger partial charge in [0.1, 0.15) is 17.3 Å². The second-order valence-corrected chi connectivity index (χ2v) is 2.62. The van der Waals surface area contributed by atoms with Crippen molar-refractivity contribution < 1.29 is 4.21 Å². The lowest BCUT2D eigenvalue weighted by Crippen LogP contribution is -1.96. The Morgan fingerprint density at radius 3 is 2.75 bits per heavy atom. The van der Waals surface area contributed by atoms with Crippen LogP contribution >= 0.6 is 0 Å². The molecule has 8 heavy (non-hydrogen) atoms. The molecule has 0 fully saturated rings. The molecule has 1 atom stereocenters. The Labute approximate surface area is 49.9 Å². The summed E-state index contributed by atoms with van der Waals surface area (Å²) in [5.74, 6) is 0. The van der Waals surface area contributed by atoms with Crippen molar-refractivity contribution in [3.63, 3.8) is 0 Å². The summed E-state index contributed by atoms with van der Waals surface area (Å²) in [6, 6.07) is 0. The van der Waals surface area contributed by atoms with Gasteiger partial charge < -0.3 is 0 Å². The van der Waals surface area contributed by atoms with Gasteiger partial charge in [-0.05, 0) is 0 Å². The van der Waals surface area contributed by atoms with Crippen LogP contribution in [-0.2, 0) is 11.0 Å². The highest BCUT2D eigenvalue weighted by atomic mass is 32.2. The van der Waals surface area contributed by atoms with Crippen LogP contribution in [0, 0.1) is 0 Å². The van der Waals surface area contributed by atoms with Crippen molar-refractivity contribution in [1.82, 2.24) is 8.96 Å². The van der Waals surface area contributed by atoms with Crippen LogP contribution in [0.25, 0.3) is 0 Å². The Balaban J connectivity index is 2.93. The lowest BCUT2D eigenvalue weighted by molar-refractivity contribution is 0.681. The van der Waals surface area contributed by atoms with Crippen molar-refractivity contribution in [3.8, 4) is 0 Å². The first-order valence-corrected chi connectivity index (χ1v) is 3.64. The predicted octanol–water partition coefficient (Wildman–Crippen LogP) is 0.0247. The molecule has 0 aliphatic heterocycles. The van der Waals surface area contributed by atoms with Gasteiger partial charge in [0.05, 0.1) is 0 Å². The minimum atomic E-state index is -0.944. The smallest absolute Gasteiger partial charge is 0.121 e. The second-order valence-electron chi connectivity index (χ2n) is 1.35. The van der Waals surface area contributed by atoms with Crippen LogP contribution in [0.4, 0.5) is 0 Å². The van der Waals surface area contributed by atoms with Gasteiger partial charge in [-0.3, -0.25) is 3.97 Å². The summed E-state index contributed by atoms with van der Waals surface area (Å²) in [4.78, 5) is 3.71. The minimum Gasteiger partial charge on any atom is -0.256 e. The van der Waals surface area contributed by atoms with Crippen molar-refractivity contribution in [3.05, 3.63) is 18.7 Å². The Morgan fingerprint density at radius 2 is 2.50 bits per heavy atom. The Bertz CT molecular complexity index is 182. The lowest BCUT2D eigenvalue weighted by Gasteiger charge is -1.88. The molecule has 3 nitrogen and oxygen atoms in total. The molecule has 1 rings (SSSR count). The van der Waals surface area contributed by atoms with Gasteiger partial charge in [0.2, 0.25) is 0 Å². The molecule has 0 N–H and O–H groups in total. The van der Waals surface area contributed by atoms with Crippen LogP contribution in [0.3, 0.4) is 0 Å². The zero-order chi connectivity index (χ0) is 5.98. The first kappa shape index (κ1) is 5.50. The van der Waals surface area contributed by atoms with Gasteiger partial charge in [-0.25, -0.2) is 9.19 Å². The van der Waals surface area contributed by atoms with Gasteiger partial charge in [-0.1, -0.05) is 0 Å².